The average molecular weight is 412 g/mol. The van der Waals surface area contributed by atoms with Crippen LogP contribution in [0.5, 0.6) is 0 Å². The lowest BCUT2D eigenvalue weighted by molar-refractivity contribution is -0.937. The number of quaternary nitrogens is 1. The van der Waals surface area contributed by atoms with Crippen molar-refractivity contribution in [1.29, 1.82) is 0 Å². The summed E-state index contributed by atoms with van der Waals surface area (Å²) in [4.78, 5) is 14.5. The van der Waals surface area contributed by atoms with Gasteiger partial charge in [0.2, 0.25) is 0 Å². The molecule has 0 aromatic heterocycles. The second kappa shape index (κ2) is 8.88. The zero-order valence-electron chi connectivity index (χ0n) is 17.5. The van der Waals surface area contributed by atoms with Crippen molar-refractivity contribution in [3.8, 4) is 0 Å². The van der Waals surface area contributed by atoms with Crippen LogP contribution in [0.3, 0.4) is 0 Å². The van der Waals surface area contributed by atoms with E-state index in [1.54, 1.807) is 0 Å². The van der Waals surface area contributed by atoms with Crippen molar-refractivity contribution < 1.29 is 14.4 Å². The number of fused-ring (bicyclic) bond motifs is 2. The molecule has 0 saturated carbocycles. The van der Waals surface area contributed by atoms with Crippen molar-refractivity contribution in [2.24, 2.45) is 0 Å². The molecule has 0 radical (unpaired) electrons. The molecular weight excluding hydrogens is 384 g/mol. The number of morpholine rings is 1. The summed E-state index contributed by atoms with van der Waals surface area (Å²) in [5.74, 6) is -0.0244. The van der Waals surface area contributed by atoms with Gasteiger partial charge in [-0.3, -0.25) is 4.79 Å². The highest BCUT2D eigenvalue weighted by Gasteiger charge is 2.28. The highest BCUT2D eigenvalue weighted by Crippen LogP contribution is 2.23. The summed E-state index contributed by atoms with van der Waals surface area (Å²) in [5.41, 5.74) is 1.99. The topological polar surface area (TPSA) is 42.8 Å². The van der Waals surface area contributed by atoms with Gasteiger partial charge in [0.25, 0.3) is 5.91 Å². The van der Waals surface area contributed by atoms with Crippen LogP contribution in [0.25, 0.3) is 21.5 Å². The highest BCUT2D eigenvalue weighted by molar-refractivity contribution is 5.98. The maximum Gasteiger partial charge on any atom is 0.251 e. The number of hydrogen-bond donors (Lipinski definition) is 2. The van der Waals surface area contributed by atoms with Gasteiger partial charge in [-0.25, -0.2) is 0 Å². The molecule has 1 atom stereocenters. The van der Waals surface area contributed by atoms with E-state index in [1.165, 1.54) is 21.2 Å². The Kier molecular flexibility index (Phi) is 5.65. The first-order chi connectivity index (χ1) is 15.3. The minimum absolute atomic E-state index is 0.0244. The van der Waals surface area contributed by atoms with Crippen molar-refractivity contribution in [2.75, 3.05) is 32.8 Å². The van der Waals surface area contributed by atoms with Crippen LogP contribution < -0.4 is 10.2 Å². The predicted molar refractivity (Wildman–Crippen MR) is 124 cm³/mol. The largest absolute Gasteiger partial charge is 0.370 e. The van der Waals surface area contributed by atoms with E-state index in [2.05, 4.69) is 53.8 Å². The Morgan fingerprint density at radius 2 is 1.55 bits per heavy atom. The number of carbonyl (C=O) groups is 1. The zero-order chi connectivity index (χ0) is 21.0. The molecule has 0 aliphatic carbocycles. The van der Waals surface area contributed by atoms with Crippen LogP contribution in [0.4, 0.5) is 0 Å². The van der Waals surface area contributed by atoms with E-state index in [4.69, 9.17) is 4.74 Å². The number of ether oxygens (including phenoxy) is 1. The van der Waals surface area contributed by atoms with Gasteiger partial charge < -0.3 is 15.0 Å². The van der Waals surface area contributed by atoms with Crippen LogP contribution >= 0.6 is 0 Å². The molecule has 2 N–H and O–H groups in total. The van der Waals surface area contributed by atoms with Crippen molar-refractivity contribution in [2.45, 2.75) is 6.04 Å². The maximum atomic E-state index is 13.0. The lowest BCUT2D eigenvalue weighted by atomic mass is 9.97. The number of carbonyl (C=O) groups excluding carboxylic acids is 1. The van der Waals surface area contributed by atoms with E-state index in [0.29, 0.717) is 12.1 Å². The van der Waals surface area contributed by atoms with Crippen molar-refractivity contribution >= 4 is 27.5 Å². The molecule has 4 aromatic carbocycles. The van der Waals surface area contributed by atoms with Gasteiger partial charge in [-0.15, -0.1) is 0 Å². The molecule has 31 heavy (non-hydrogen) atoms. The normalized spacial score (nSPS) is 15.7. The lowest BCUT2D eigenvalue weighted by Crippen LogP contribution is -3.15. The van der Waals surface area contributed by atoms with Gasteiger partial charge in [0, 0.05) is 11.1 Å². The quantitative estimate of drug-likeness (QED) is 0.529. The van der Waals surface area contributed by atoms with Crippen LogP contribution in [-0.4, -0.2) is 38.8 Å². The minimum atomic E-state index is -0.0244. The Bertz CT molecular complexity index is 1210. The molecule has 0 spiro atoms. The van der Waals surface area contributed by atoms with E-state index in [-0.39, 0.29) is 11.9 Å². The van der Waals surface area contributed by atoms with Crippen molar-refractivity contribution in [3.63, 3.8) is 0 Å². The number of amides is 1. The lowest BCUT2D eigenvalue weighted by Gasteiger charge is -2.32. The van der Waals surface area contributed by atoms with E-state index >= 15 is 0 Å². The van der Waals surface area contributed by atoms with Crippen LogP contribution in [0.1, 0.15) is 22.0 Å². The molecular formula is C27H27N2O2+. The minimum Gasteiger partial charge on any atom is -0.370 e. The standard InChI is InChI=1S/C27H26N2O2/c30-27(23-13-12-20-6-1-2-8-22(20)18-23)28-19-26(29-14-16-31-17-15-29)25-11-5-9-21-7-3-4-10-24(21)25/h1-13,18,26H,14-17,19H2,(H,28,30)/p+1/t26-/m0/s1. The molecule has 4 nitrogen and oxygen atoms in total. The number of rotatable bonds is 5. The molecule has 1 heterocycles. The third-order valence-electron chi connectivity index (χ3n) is 6.31. The first kappa shape index (κ1) is 19.7. The first-order valence-corrected chi connectivity index (χ1v) is 11.0. The highest BCUT2D eigenvalue weighted by atomic mass is 16.5. The molecule has 1 fully saturated rings. The van der Waals surface area contributed by atoms with Gasteiger partial charge >= 0.3 is 0 Å². The summed E-state index contributed by atoms with van der Waals surface area (Å²) in [6.07, 6.45) is 0. The Labute approximate surface area is 182 Å². The second-order valence-corrected chi connectivity index (χ2v) is 8.16. The fourth-order valence-electron chi connectivity index (χ4n) is 4.64. The number of benzene rings is 4. The Morgan fingerprint density at radius 1 is 0.839 bits per heavy atom. The first-order valence-electron chi connectivity index (χ1n) is 11.0. The molecule has 156 valence electrons. The fourth-order valence-corrected chi connectivity index (χ4v) is 4.64. The van der Waals surface area contributed by atoms with Crippen molar-refractivity contribution in [3.05, 3.63) is 96.1 Å². The summed E-state index contributed by atoms with van der Waals surface area (Å²) in [6, 6.07) is 29.2. The van der Waals surface area contributed by atoms with Crippen molar-refractivity contribution in [1.82, 2.24) is 5.32 Å². The number of nitrogens with one attached hydrogen (secondary N) is 2. The molecule has 4 aromatic rings. The summed E-state index contributed by atoms with van der Waals surface area (Å²) in [5, 5.41) is 7.94. The van der Waals surface area contributed by atoms with Crippen LogP contribution in [0.2, 0.25) is 0 Å². The molecule has 0 unspecified atom stereocenters. The Hall–Kier alpha value is -3.21. The summed E-state index contributed by atoms with van der Waals surface area (Å²) in [7, 11) is 0. The predicted octanol–water partition coefficient (Wildman–Crippen LogP) is 3.38. The van der Waals surface area contributed by atoms with Crippen LogP contribution in [0, 0.1) is 0 Å². The van der Waals surface area contributed by atoms with E-state index in [0.717, 1.165) is 37.1 Å². The molecule has 0 bridgehead atoms. The summed E-state index contributed by atoms with van der Waals surface area (Å²) >= 11 is 0. The Balaban J connectivity index is 1.42. The summed E-state index contributed by atoms with van der Waals surface area (Å²) < 4.78 is 5.60. The Morgan fingerprint density at radius 3 is 2.39 bits per heavy atom. The summed E-state index contributed by atoms with van der Waals surface area (Å²) in [6.45, 7) is 4.00. The third kappa shape index (κ3) is 4.18. The monoisotopic (exact) mass is 411 g/mol. The van der Waals surface area contributed by atoms with Gasteiger partial charge in [0.1, 0.15) is 19.1 Å². The average Bonchev–Trinajstić information content (AvgIpc) is 2.84. The smallest absolute Gasteiger partial charge is 0.251 e. The molecule has 4 heteroatoms. The van der Waals surface area contributed by atoms with Gasteiger partial charge in [-0.2, -0.15) is 0 Å². The van der Waals surface area contributed by atoms with Crippen LogP contribution in [-0.2, 0) is 4.74 Å². The van der Waals surface area contributed by atoms with Crippen LogP contribution in [0.15, 0.2) is 84.9 Å². The van der Waals surface area contributed by atoms with Gasteiger partial charge in [0.05, 0.1) is 19.8 Å². The van der Waals surface area contributed by atoms with Gasteiger partial charge in [0.15, 0.2) is 0 Å². The second-order valence-electron chi connectivity index (χ2n) is 8.16. The van der Waals surface area contributed by atoms with E-state index in [9.17, 15) is 4.79 Å². The van der Waals surface area contributed by atoms with Gasteiger partial charge in [-0.1, -0.05) is 72.8 Å². The van der Waals surface area contributed by atoms with E-state index < -0.39 is 0 Å². The maximum absolute atomic E-state index is 13.0. The fraction of sp³-hybridized carbons (Fsp3) is 0.222. The van der Waals surface area contributed by atoms with Gasteiger partial charge in [-0.05, 0) is 33.7 Å². The third-order valence-corrected chi connectivity index (χ3v) is 6.31. The van der Waals surface area contributed by atoms with E-state index in [1.807, 2.05) is 36.4 Å². The molecule has 1 aliphatic heterocycles. The molecule has 5 rings (SSSR count). The number of hydrogen-bond acceptors (Lipinski definition) is 2. The molecule has 1 saturated heterocycles. The zero-order valence-corrected chi connectivity index (χ0v) is 17.5. The molecule has 1 aliphatic rings. The SMILES string of the molecule is O=C(NC[C@@H](c1cccc2ccccc12)[NH+]1CCOCC1)c1ccc2ccccc2c1. The molecule has 1 amide bonds.